The average molecular weight is 276 g/mol. The van der Waals surface area contributed by atoms with Crippen LogP contribution in [0.4, 0.5) is 14.5 Å². The van der Waals surface area contributed by atoms with Gasteiger partial charge in [0.1, 0.15) is 11.6 Å². The molecule has 0 unspecified atom stereocenters. The molecule has 0 radical (unpaired) electrons. The lowest BCUT2D eigenvalue weighted by Gasteiger charge is -2.23. The van der Waals surface area contributed by atoms with E-state index in [1.165, 1.54) is 24.3 Å². The van der Waals surface area contributed by atoms with Crippen molar-refractivity contribution in [2.75, 3.05) is 19.0 Å². The fourth-order valence-electron chi connectivity index (χ4n) is 2.25. The van der Waals surface area contributed by atoms with Crippen LogP contribution in [0.3, 0.4) is 0 Å². The van der Waals surface area contributed by atoms with Gasteiger partial charge in [-0.3, -0.25) is 0 Å². The zero-order valence-corrected chi connectivity index (χ0v) is 11.7. The summed E-state index contributed by atoms with van der Waals surface area (Å²) in [7, 11) is 3.73. The van der Waals surface area contributed by atoms with E-state index in [-0.39, 0.29) is 11.6 Å². The van der Waals surface area contributed by atoms with Gasteiger partial charge in [-0.25, -0.2) is 8.78 Å². The van der Waals surface area contributed by atoms with Crippen molar-refractivity contribution in [2.24, 2.45) is 0 Å². The summed E-state index contributed by atoms with van der Waals surface area (Å²) in [6, 6.07) is 11.2. The lowest BCUT2D eigenvalue weighted by Crippen LogP contribution is -2.20. The van der Waals surface area contributed by atoms with E-state index in [1.807, 2.05) is 25.1 Å². The first kappa shape index (κ1) is 14.5. The molecule has 0 aliphatic rings. The van der Waals surface area contributed by atoms with Crippen LogP contribution in [0.25, 0.3) is 0 Å². The molecule has 0 bridgehead atoms. The normalized spacial score (nSPS) is 10.6. The van der Waals surface area contributed by atoms with E-state index in [0.29, 0.717) is 13.1 Å². The number of anilines is 1. The van der Waals surface area contributed by atoms with Crippen molar-refractivity contribution in [1.82, 2.24) is 5.32 Å². The van der Waals surface area contributed by atoms with Gasteiger partial charge in [0.2, 0.25) is 0 Å². The summed E-state index contributed by atoms with van der Waals surface area (Å²) < 4.78 is 26.5. The highest BCUT2D eigenvalue weighted by Gasteiger charge is 2.09. The van der Waals surface area contributed by atoms with Crippen LogP contribution in [0.1, 0.15) is 11.1 Å². The van der Waals surface area contributed by atoms with Crippen molar-refractivity contribution < 1.29 is 8.78 Å². The smallest absolute Gasteiger partial charge is 0.123 e. The fourth-order valence-corrected chi connectivity index (χ4v) is 2.25. The highest BCUT2D eigenvalue weighted by molar-refractivity contribution is 5.53. The summed E-state index contributed by atoms with van der Waals surface area (Å²) in [5, 5.41) is 3.03. The Morgan fingerprint density at radius 3 is 2.50 bits per heavy atom. The van der Waals surface area contributed by atoms with Crippen molar-refractivity contribution >= 4 is 5.69 Å². The Labute approximate surface area is 118 Å². The second kappa shape index (κ2) is 6.48. The van der Waals surface area contributed by atoms with Crippen LogP contribution in [-0.2, 0) is 13.1 Å². The van der Waals surface area contributed by atoms with E-state index in [2.05, 4.69) is 5.32 Å². The van der Waals surface area contributed by atoms with Gasteiger partial charge in [-0.15, -0.1) is 0 Å². The van der Waals surface area contributed by atoms with Crippen molar-refractivity contribution in [2.45, 2.75) is 13.1 Å². The fraction of sp³-hybridized carbons (Fsp3) is 0.250. The molecule has 0 atom stereocenters. The summed E-state index contributed by atoms with van der Waals surface area (Å²) in [5.74, 6) is -0.497. The third-order valence-corrected chi connectivity index (χ3v) is 3.13. The molecule has 0 aromatic heterocycles. The molecule has 0 amide bonds. The lowest BCUT2D eigenvalue weighted by atomic mass is 10.1. The van der Waals surface area contributed by atoms with Crippen LogP contribution < -0.4 is 10.2 Å². The van der Waals surface area contributed by atoms with Gasteiger partial charge >= 0.3 is 0 Å². The van der Waals surface area contributed by atoms with Crippen LogP contribution in [0.5, 0.6) is 0 Å². The average Bonchev–Trinajstić information content (AvgIpc) is 2.39. The maximum atomic E-state index is 13.3. The Morgan fingerprint density at radius 2 is 1.80 bits per heavy atom. The summed E-state index contributed by atoms with van der Waals surface area (Å²) in [5.41, 5.74) is 2.70. The van der Waals surface area contributed by atoms with E-state index in [0.717, 1.165) is 16.8 Å². The second-order valence-electron chi connectivity index (χ2n) is 4.79. The zero-order chi connectivity index (χ0) is 14.5. The van der Waals surface area contributed by atoms with Crippen LogP contribution in [0, 0.1) is 11.6 Å². The van der Waals surface area contributed by atoms with Crippen LogP contribution in [0.15, 0.2) is 42.5 Å². The lowest BCUT2D eigenvalue weighted by molar-refractivity contribution is 0.623. The molecule has 0 fully saturated rings. The SMILES string of the molecule is CNCc1cc(F)ccc1N(C)Cc1cccc(F)c1. The molecule has 0 aliphatic carbocycles. The van der Waals surface area contributed by atoms with Crippen molar-refractivity contribution in [3.05, 3.63) is 65.2 Å². The molecule has 2 aromatic carbocycles. The minimum Gasteiger partial charge on any atom is -0.370 e. The maximum Gasteiger partial charge on any atom is 0.123 e. The Kier molecular flexibility index (Phi) is 4.69. The van der Waals surface area contributed by atoms with Crippen LogP contribution >= 0.6 is 0 Å². The van der Waals surface area contributed by atoms with Gasteiger partial charge in [-0.05, 0) is 48.5 Å². The second-order valence-corrected chi connectivity index (χ2v) is 4.79. The Bertz CT molecular complexity index is 584. The van der Waals surface area contributed by atoms with E-state index in [4.69, 9.17) is 0 Å². The number of rotatable bonds is 5. The Hall–Kier alpha value is -1.94. The maximum absolute atomic E-state index is 13.3. The van der Waals surface area contributed by atoms with Gasteiger partial charge in [0.25, 0.3) is 0 Å². The highest BCUT2D eigenvalue weighted by atomic mass is 19.1. The molecule has 2 nitrogen and oxygen atoms in total. The topological polar surface area (TPSA) is 15.3 Å². The predicted molar refractivity (Wildman–Crippen MR) is 77.7 cm³/mol. The first-order chi connectivity index (χ1) is 9.60. The summed E-state index contributed by atoms with van der Waals surface area (Å²) >= 11 is 0. The molecule has 4 heteroatoms. The van der Waals surface area contributed by atoms with Crippen LogP contribution in [0.2, 0.25) is 0 Å². The monoisotopic (exact) mass is 276 g/mol. The quantitative estimate of drug-likeness (QED) is 0.901. The minimum absolute atomic E-state index is 0.245. The highest BCUT2D eigenvalue weighted by Crippen LogP contribution is 2.22. The molecule has 2 rings (SSSR count). The molecule has 0 spiro atoms. The first-order valence-corrected chi connectivity index (χ1v) is 6.49. The van der Waals surface area contributed by atoms with Crippen molar-refractivity contribution in [1.29, 1.82) is 0 Å². The number of halogens is 2. The molecule has 106 valence electrons. The number of hydrogen-bond donors (Lipinski definition) is 1. The van der Waals surface area contributed by atoms with E-state index in [9.17, 15) is 8.78 Å². The molecule has 0 aliphatic heterocycles. The van der Waals surface area contributed by atoms with Crippen LogP contribution in [-0.4, -0.2) is 14.1 Å². The largest absolute Gasteiger partial charge is 0.370 e. The Morgan fingerprint density at radius 1 is 1.05 bits per heavy atom. The number of nitrogens with one attached hydrogen (secondary N) is 1. The minimum atomic E-state index is -0.252. The molecular weight excluding hydrogens is 258 g/mol. The summed E-state index contributed by atoms with van der Waals surface area (Å²) in [4.78, 5) is 1.99. The third-order valence-electron chi connectivity index (χ3n) is 3.13. The van der Waals surface area contributed by atoms with Crippen molar-refractivity contribution in [3.8, 4) is 0 Å². The predicted octanol–water partition coefficient (Wildman–Crippen LogP) is 3.32. The van der Waals surface area contributed by atoms with E-state index >= 15 is 0 Å². The summed E-state index contributed by atoms with van der Waals surface area (Å²) in [6.07, 6.45) is 0. The summed E-state index contributed by atoms with van der Waals surface area (Å²) in [6.45, 7) is 1.15. The molecule has 1 N–H and O–H groups in total. The van der Waals surface area contributed by atoms with Gasteiger partial charge < -0.3 is 10.2 Å². The third kappa shape index (κ3) is 3.54. The molecule has 0 saturated carbocycles. The molecule has 2 aromatic rings. The molecular formula is C16H18F2N2. The van der Waals surface area contributed by atoms with Gasteiger partial charge in [0.05, 0.1) is 0 Å². The molecule has 0 heterocycles. The number of nitrogens with zero attached hydrogens (tertiary/aromatic N) is 1. The molecule has 20 heavy (non-hydrogen) atoms. The first-order valence-electron chi connectivity index (χ1n) is 6.49. The zero-order valence-electron chi connectivity index (χ0n) is 11.7. The van der Waals surface area contributed by atoms with E-state index < -0.39 is 0 Å². The standard InChI is InChI=1S/C16H18F2N2/c1-19-10-13-9-15(18)6-7-16(13)20(2)11-12-4-3-5-14(17)8-12/h3-9,19H,10-11H2,1-2H3. The van der Waals surface area contributed by atoms with Gasteiger partial charge in [-0.2, -0.15) is 0 Å². The Balaban J connectivity index is 2.22. The van der Waals surface area contributed by atoms with Gasteiger partial charge in [0, 0.05) is 25.8 Å². The number of hydrogen-bond acceptors (Lipinski definition) is 2. The van der Waals surface area contributed by atoms with Gasteiger partial charge in [0.15, 0.2) is 0 Å². The van der Waals surface area contributed by atoms with Crippen molar-refractivity contribution in [3.63, 3.8) is 0 Å². The molecule has 0 saturated heterocycles. The van der Waals surface area contributed by atoms with Gasteiger partial charge in [-0.1, -0.05) is 12.1 Å². The number of benzene rings is 2. The van der Waals surface area contributed by atoms with E-state index in [1.54, 1.807) is 12.1 Å².